The average molecular weight is 339 g/mol. The summed E-state index contributed by atoms with van der Waals surface area (Å²) in [4.78, 5) is 21.1. The zero-order valence-electron chi connectivity index (χ0n) is 14.1. The number of rotatable bonds is 4. The molecule has 0 unspecified atom stereocenters. The van der Waals surface area contributed by atoms with Gasteiger partial charge in [0.25, 0.3) is 5.91 Å². The second-order valence-electron chi connectivity index (χ2n) is 6.41. The van der Waals surface area contributed by atoms with Crippen LogP contribution >= 0.6 is 0 Å². The number of amides is 1. The van der Waals surface area contributed by atoms with E-state index in [1.54, 1.807) is 24.7 Å². The number of hydrogen-bond donors (Lipinski definition) is 1. The molecule has 130 valence electrons. The van der Waals surface area contributed by atoms with Crippen LogP contribution in [0.4, 0.5) is 0 Å². The summed E-state index contributed by atoms with van der Waals surface area (Å²) in [6.07, 6.45) is 11.0. The predicted molar refractivity (Wildman–Crippen MR) is 92.2 cm³/mol. The average Bonchev–Trinajstić information content (AvgIpc) is 3.27. The lowest BCUT2D eigenvalue weighted by molar-refractivity contribution is -0.0337. The van der Waals surface area contributed by atoms with Gasteiger partial charge < -0.3 is 19.0 Å². The Kier molecular flexibility index (Phi) is 4.23. The summed E-state index contributed by atoms with van der Waals surface area (Å²) in [5.41, 5.74) is 1.45. The molecule has 1 amide bonds. The van der Waals surface area contributed by atoms with E-state index in [2.05, 4.69) is 15.3 Å². The van der Waals surface area contributed by atoms with Crippen molar-refractivity contribution in [3.8, 4) is 0 Å². The highest BCUT2D eigenvalue weighted by Crippen LogP contribution is 2.32. The number of imidazole rings is 2. The van der Waals surface area contributed by atoms with Crippen LogP contribution in [0.5, 0.6) is 0 Å². The van der Waals surface area contributed by atoms with Gasteiger partial charge in [-0.05, 0) is 25.0 Å². The Morgan fingerprint density at radius 1 is 1.32 bits per heavy atom. The highest BCUT2D eigenvalue weighted by molar-refractivity contribution is 5.94. The van der Waals surface area contributed by atoms with Crippen LogP contribution in [0, 0.1) is 5.92 Å². The molecule has 7 nitrogen and oxygen atoms in total. The van der Waals surface area contributed by atoms with Crippen molar-refractivity contribution in [1.29, 1.82) is 0 Å². The SMILES string of the molecule is Cn1ccnc1[C@@H]1OCCC[C@H]1CNC(=O)c1ccc2nccn2c1. The van der Waals surface area contributed by atoms with E-state index in [4.69, 9.17) is 4.74 Å². The molecule has 7 heteroatoms. The van der Waals surface area contributed by atoms with Gasteiger partial charge in [-0.2, -0.15) is 0 Å². The van der Waals surface area contributed by atoms with Gasteiger partial charge in [0.2, 0.25) is 0 Å². The number of carbonyl (C=O) groups is 1. The number of carbonyl (C=O) groups excluding carboxylic acids is 1. The van der Waals surface area contributed by atoms with Crippen molar-refractivity contribution in [2.45, 2.75) is 18.9 Å². The highest BCUT2D eigenvalue weighted by Gasteiger charge is 2.30. The van der Waals surface area contributed by atoms with E-state index in [-0.39, 0.29) is 17.9 Å². The number of ether oxygens (including phenoxy) is 1. The van der Waals surface area contributed by atoms with Crippen LogP contribution in [0.15, 0.2) is 43.1 Å². The Balaban J connectivity index is 1.45. The first-order chi connectivity index (χ1) is 12.2. The quantitative estimate of drug-likeness (QED) is 0.789. The van der Waals surface area contributed by atoms with Gasteiger partial charge in [-0.1, -0.05) is 0 Å². The molecule has 1 aliphatic heterocycles. The van der Waals surface area contributed by atoms with Crippen molar-refractivity contribution in [2.24, 2.45) is 13.0 Å². The molecule has 0 bridgehead atoms. The lowest BCUT2D eigenvalue weighted by Gasteiger charge is -2.31. The van der Waals surface area contributed by atoms with Crippen molar-refractivity contribution in [3.63, 3.8) is 0 Å². The summed E-state index contributed by atoms with van der Waals surface area (Å²) in [7, 11) is 1.97. The van der Waals surface area contributed by atoms with Gasteiger partial charge in [0, 0.05) is 57.1 Å². The fourth-order valence-electron chi connectivity index (χ4n) is 3.37. The zero-order valence-corrected chi connectivity index (χ0v) is 14.1. The zero-order chi connectivity index (χ0) is 17.2. The Bertz CT molecular complexity index is 884. The summed E-state index contributed by atoms with van der Waals surface area (Å²) >= 11 is 0. The van der Waals surface area contributed by atoms with Crippen LogP contribution in [-0.4, -0.2) is 38.0 Å². The van der Waals surface area contributed by atoms with Crippen molar-refractivity contribution in [2.75, 3.05) is 13.2 Å². The number of nitrogens with one attached hydrogen (secondary N) is 1. The molecule has 0 radical (unpaired) electrons. The lowest BCUT2D eigenvalue weighted by Crippen LogP contribution is -2.36. The second-order valence-corrected chi connectivity index (χ2v) is 6.41. The maximum absolute atomic E-state index is 12.5. The first-order valence-corrected chi connectivity index (χ1v) is 8.52. The summed E-state index contributed by atoms with van der Waals surface area (Å²) in [5.74, 6) is 1.05. The Morgan fingerprint density at radius 2 is 2.20 bits per heavy atom. The van der Waals surface area contributed by atoms with Gasteiger partial charge in [0.05, 0.1) is 5.56 Å². The standard InChI is InChI=1S/C18H21N5O2/c1-22-8-6-20-17(22)16-13(3-2-10-25-16)11-21-18(24)14-4-5-15-19-7-9-23(15)12-14/h4-9,12-13,16H,2-3,10-11H2,1H3,(H,21,24)/t13-,16+/m0/s1. The van der Waals surface area contributed by atoms with Crippen LogP contribution in [0.3, 0.4) is 0 Å². The maximum Gasteiger partial charge on any atom is 0.252 e. The summed E-state index contributed by atoms with van der Waals surface area (Å²) in [5, 5.41) is 3.05. The van der Waals surface area contributed by atoms with Gasteiger partial charge in [0.1, 0.15) is 17.6 Å². The number of nitrogens with zero attached hydrogens (tertiary/aromatic N) is 4. The molecule has 3 aromatic rings. The van der Waals surface area contributed by atoms with Crippen LogP contribution in [0.1, 0.15) is 35.1 Å². The second kappa shape index (κ2) is 6.68. The largest absolute Gasteiger partial charge is 0.370 e. The van der Waals surface area contributed by atoms with Gasteiger partial charge in [-0.15, -0.1) is 0 Å². The summed E-state index contributed by atoms with van der Waals surface area (Å²) in [6.45, 7) is 1.30. The number of hydrogen-bond acceptors (Lipinski definition) is 4. The Hall–Kier alpha value is -2.67. The molecule has 0 spiro atoms. The molecular weight excluding hydrogens is 318 g/mol. The Morgan fingerprint density at radius 3 is 3.04 bits per heavy atom. The first kappa shape index (κ1) is 15.8. The molecule has 2 atom stereocenters. The Labute approximate surface area is 145 Å². The van der Waals surface area contributed by atoms with E-state index in [0.717, 1.165) is 30.9 Å². The molecule has 0 aliphatic carbocycles. The highest BCUT2D eigenvalue weighted by atomic mass is 16.5. The van der Waals surface area contributed by atoms with Crippen molar-refractivity contribution < 1.29 is 9.53 Å². The number of pyridine rings is 1. The van der Waals surface area contributed by atoms with Crippen molar-refractivity contribution in [3.05, 3.63) is 54.5 Å². The summed E-state index contributed by atoms with van der Waals surface area (Å²) in [6, 6.07) is 3.64. The fraction of sp³-hybridized carbons (Fsp3) is 0.389. The number of aromatic nitrogens is 4. The third kappa shape index (κ3) is 3.15. The van der Waals surface area contributed by atoms with Gasteiger partial charge in [-0.3, -0.25) is 4.79 Å². The molecule has 4 heterocycles. The van der Waals surface area contributed by atoms with E-state index in [1.807, 2.05) is 34.5 Å². The minimum atomic E-state index is -0.0836. The van der Waals surface area contributed by atoms with Crippen LogP contribution in [0.25, 0.3) is 5.65 Å². The molecule has 3 aromatic heterocycles. The first-order valence-electron chi connectivity index (χ1n) is 8.52. The van der Waals surface area contributed by atoms with E-state index in [9.17, 15) is 4.79 Å². The molecule has 0 saturated carbocycles. The fourth-order valence-corrected chi connectivity index (χ4v) is 3.37. The van der Waals surface area contributed by atoms with Crippen molar-refractivity contribution in [1.82, 2.24) is 24.3 Å². The lowest BCUT2D eigenvalue weighted by atomic mass is 9.93. The molecule has 0 aromatic carbocycles. The summed E-state index contributed by atoms with van der Waals surface area (Å²) < 4.78 is 9.78. The molecule has 25 heavy (non-hydrogen) atoms. The van der Waals surface area contributed by atoms with Crippen LogP contribution < -0.4 is 5.32 Å². The van der Waals surface area contributed by atoms with Crippen molar-refractivity contribution >= 4 is 11.6 Å². The van der Waals surface area contributed by atoms with Crippen LogP contribution in [-0.2, 0) is 11.8 Å². The van der Waals surface area contributed by atoms with Gasteiger partial charge in [-0.25, -0.2) is 9.97 Å². The topological polar surface area (TPSA) is 73.4 Å². The minimum absolute atomic E-state index is 0.0785. The third-order valence-electron chi connectivity index (χ3n) is 4.73. The molecule has 4 rings (SSSR count). The van der Waals surface area contributed by atoms with E-state index >= 15 is 0 Å². The number of aryl methyl sites for hydroxylation is 1. The normalized spacial score (nSPS) is 20.7. The van der Waals surface area contributed by atoms with E-state index < -0.39 is 0 Å². The third-order valence-corrected chi connectivity index (χ3v) is 4.73. The molecule has 1 saturated heterocycles. The van der Waals surface area contributed by atoms with Gasteiger partial charge in [0.15, 0.2) is 0 Å². The van der Waals surface area contributed by atoms with E-state index in [0.29, 0.717) is 12.1 Å². The molecule has 1 N–H and O–H groups in total. The predicted octanol–water partition coefficient (Wildman–Crippen LogP) is 1.97. The molecule has 1 aliphatic rings. The van der Waals surface area contributed by atoms with Gasteiger partial charge >= 0.3 is 0 Å². The molecule has 1 fully saturated rings. The molecular formula is C18H21N5O2. The van der Waals surface area contributed by atoms with E-state index in [1.165, 1.54) is 0 Å². The minimum Gasteiger partial charge on any atom is -0.370 e. The number of fused-ring (bicyclic) bond motifs is 1. The smallest absolute Gasteiger partial charge is 0.252 e. The monoisotopic (exact) mass is 339 g/mol. The maximum atomic E-state index is 12.5. The van der Waals surface area contributed by atoms with Crippen LogP contribution in [0.2, 0.25) is 0 Å².